The fraction of sp³-hybridized carbons (Fsp3) is 0.333. The molecule has 0 aromatic heterocycles. The van der Waals surface area contributed by atoms with E-state index in [0.717, 1.165) is 6.42 Å². The first-order valence-corrected chi connectivity index (χ1v) is 6.66. The molecule has 3 N–H and O–H groups in total. The van der Waals surface area contributed by atoms with E-state index in [4.69, 9.17) is 41.2 Å². The number of carbonyl (C=O) groups excluding carboxylic acids is 1. The lowest BCUT2D eigenvalue weighted by Crippen LogP contribution is -2.33. The molecule has 1 unspecified atom stereocenters. The maximum Gasteiger partial charge on any atom is 0.234 e. The Morgan fingerprint density at radius 3 is 2.39 bits per heavy atom. The summed E-state index contributed by atoms with van der Waals surface area (Å²) in [6, 6.07) is 4.83. The fourth-order valence-corrected chi connectivity index (χ4v) is 2.30. The van der Waals surface area contributed by atoms with Gasteiger partial charge in [-0.2, -0.15) is 0 Å². The van der Waals surface area contributed by atoms with Gasteiger partial charge in [0.15, 0.2) is 0 Å². The summed E-state index contributed by atoms with van der Waals surface area (Å²) in [5.41, 5.74) is 6.09. The van der Waals surface area contributed by atoms with Crippen LogP contribution in [0.1, 0.15) is 19.8 Å². The number of nitrogens with one attached hydrogen (secondary N) is 1. The zero-order chi connectivity index (χ0) is 13.7. The molecule has 0 bridgehead atoms. The zero-order valence-corrected chi connectivity index (χ0v) is 12.2. The summed E-state index contributed by atoms with van der Waals surface area (Å²) in [6.45, 7) is 1.97. The molecule has 0 saturated carbocycles. The van der Waals surface area contributed by atoms with E-state index in [-0.39, 0.29) is 10.9 Å². The summed E-state index contributed by atoms with van der Waals surface area (Å²) >= 11 is 16.6. The monoisotopic (exact) mass is 304 g/mol. The van der Waals surface area contributed by atoms with Crippen LogP contribution in [-0.2, 0) is 4.79 Å². The van der Waals surface area contributed by atoms with Crippen LogP contribution in [0.4, 0.5) is 5.69 Å². The number of carbonyl (C=O) groups is 1. The number of thiocarbonyl (C=S) groups is 1. The molecule has 6 heteroatoms. The molecule has 1 rings (SSSR count). The van der Waals surface area contributed by atoms with E-state index in [1.165, 1.54) is 0 Å². The molecule has 0 aliphatic rings. The number of halogens is 2. The van der Waals surface area contributed by atoms with E-state index in [1.807, 2.05) is 6.92 Å². The number of hydrogen-bond acceptors (Lipinski definition) is 2. The van der Waals surface area contributed by atoms with Crippen molar-refractivity contribution in [2.45, 2.75) is 19.8 Å². The van der Waals surface area contributed by atoms with E-state index in [0.29, 0.717) is 22.2 Å². The molecule has 0 heterocycles. The standard InChI is InChI=1S/C12H14Cl2N2OS/c1-2-3-10(11(15)18)12(17)16-9-5-7(13)4-8(14)6-9/h4-6,10H,2-3H2,1H3,(H2,15,18)(H,16,17). The van der Waals surface area contributed by atoms with Crippen LogP contribution < -0.4 is 11.1 Å². The van der Waals surface area contributed by atoms with Crippen LogP contribution in [0.3, 0.4) is 0 Å². The Labute approximate surface area is 122 Å². The third-order valence-corrected chi connectivity index (χ3v) is 3.09. The molecular weight excluding hydrogens is 291 g/mol. The molecule has 0 saturated heterocycles. The maximum absolute atomic E-state index is 12.0. The smallest absolute Gasteiger partial charge is 0.234 e. The number of hydrogen-bond donors (Lipinski definition) is 2. The Morgan fingerprint density at radius 1 is 1.39 bits per heavy atom. The molecule has 1 atom stereocenters. The number of anilines is 1. The molecule has 0 radical (unpaired) electrons. The van der Waals surface area contributed by atoms with Gasteiger partial charge in [0, 0.05) is 15.7 Å². The Balaban J connectivity index is 2.82. The summed E-state index contributed by atoms with van der Waals surface area (Å²) in [6.07, 6.45) is 1.45. The summed E-state index contributed by atoms with van der Waals surface area (Å²) in [7, 11) is 0. The lowest BCUT2D eigenvalue weighted by molar-refractivity contribution is -0.118. The molecule has 3 nitrogen and oxygen atoms in total. The van der Waals surface area contributed by atoms with E-state index in [2.05, 4.69) is 5.32 Å². The lowest BCUT2D eigenvalue weighted by atomic mass is 10.0. The Hall–Kier alpha value is -0.840. The van der Waals surface area contributed by atoms with Crippen LogP contribution >= 0.6 is 35.4 Å². The summed E-state index contributed by atoms with van der Waals surface area (Å²) in [5, 5.41) is 3.63. The van der Waals surface area contributed by atoms with Crippen molar-refractivity contribution < 1.29 is 4.79 Å². The highest BCUT2D eigenvalue weighted by Crippen LogP contribution is 2.23. The van der Waals surface area contributed by atoms with Crippen molar-refractivity contribution in [2.24, 2.45) is 11.7 Å². The van der Waals surface area contributed by atoms with Crippen LogP contribution in [0.5, 0.6) is 0 Å². The molecule has 0 fully saturated rings. The largest absolute Gasteiger partial charge is 0.393 e. The minimum absolute atomic E-state index is 0.197. The molecule has 1 amide bonds. The minimum Gasteiger partial charge on any atom is -0.393 e. The number of amides is 1. The van der Waals surface area contributed by atoms with Crippen molar-refractivity contribution in [3.8, 4) is 0 Å². The number of rotatable bonds is 5. The van der Waals surface area contributed by atoms with Gasteiger partial charge in [0.05, 0.1) is 10.9 Å². The second-order valence-corrected chi connectivity index (χ2v) is 5.24. The van der Waals surface area contributed by atoms with E-state index in [9.17, 15) is 4.79 Å². The Morgan fingerprint density at radius 2 is 1.94 bits per heavy atom. The van der Waals surface area contributed by atoms with E-state index in [1.54, 1.807) is 18.2 Å². The van der Waals surface area contributed by atoms with Crippen LogP contribution in [0.25, 0.3) is 0 Å². The third kappa shape index (κ3) is 4.44. The van der Waals surface area contributed by atoms with Crippen LogP contribution in [0.15, 0.2) is 18.2 Å². The average molecular weight is 305 g/mol. The highest BCUT2D eigenvalue weighted by Gasteiger charge is 2.20. The number of benzene rings is 1. The molecule has 1 aromatic rings. The molecule has 0 aliphatic carbocycles. The number of nitrogens with two attached hydrogens (primary N) is 1. The van der Waals surface area contributed by atoms with Gasteiger partial charge in [-0.3, -0.25) is 4.79 Å². The van der Waals surface area contributed by atoms with Crippen LogP contribution in [0, 0.1) is 5.92 Å². The second-order valence-electron chi connectivity index (χ2n) is 3.89. The van der Waals surface area contributed by atoms with Gasteiger partial charge in [-0.15, -0.1) is 0 Å². The van der Waals surface area contributed by atoms with Crippen molar-refractivity contribution in [1.82, 2.24) is 0 Å². The highest BCUT2D eigenvalue weighted by atomic mass is 35.5. The molecule has 18 heavy (non-hydrogen) atoms. The zero-order valence-electron chi connectivity index (χ0n) is 9.87. The third-order valence-electron chi connectivity index (χ3n) is 2.37. The predicted octanol–water partition coefficient (Wildman–Crippen LogP) is 3.63. The van der Waals surface area contributed by atoms with E-state index < -0.39 is 5.92 Å². The minimum atomic E-state index is -0.470. The van der Waals surface area contributed by atoms with Gasteiger partial charge in [0.2, 0.25) is 5.91 Å². The quantitative estimate of drug-likeness (QED) is 0.817. The first kappa shape index (κ1) is 15.2. The SMILES string of the molecule is CCCC(C(=O)Nc1cc(Cl)cc(Cl)c1)C(N)=S. The van der Waals surface area contributed by atoms with Gasteiger partial charge in [-0.25, -0.2) is 0 Å². The second kappa shape index (κ2) is 6.92. The van der Waals surface area contributed by atoms with Crippen molar-refractivity contribution in [3.63, 3.8) is 0 Å². The van der Waals surface area contributed by atoms with Gasteiger partial charge in [-0.05, 0) is 24.6 Å². The summed E-state index contributed by atoms with van der Waals surface area (Å²) < 4.78 is 0. The maximum atomic E-state index is 12.0. The van der Waals surface area contributed by atoms with Crippen LogP contribution in [-0.4, -0.2) is 10.9 Å². The molecule has 0 spiro atoms. The topological polar surface area (TPSA) is 55.1 Å². The normalized spacial score (nSPS) is 11.9. The van der Waals surface area contributed by atoms with Gasteiger partial charge in [0.1, 0.15) is 0 Å². The van der Waals surface area contributed by atoms with Gasteiger partial charge < -0.3 is 11.1 Å². The average Bonchev–Trinajstić information content (AvgIpc) is 2.23. The van der Waals surface area contributed by atoms with Crippen LogP contribution in [0.2, 0.25) is 10.0 Å². The van der Waals surface area contributed by atoms with Gasteiger partial charge in [0.25, 0.3) is 0 Å². The van der Waals surface area contributed by atoms with Crippen molar-refractivity contribution in [1.29, 1.82) is 0 Å². The van der Waals surface area contributed by atoms with Gasteiger partial charge >= 0.3 is 0 Å². The molecule has 1 aromatic carbocycles. The fourth-order valence-electron chi connectivity index (χ4n) is 1.55. The molecule has 0 aliphatic heterocycles. The van der Waals surface area contributed by atoms with Gasteiger partial charge in [-0.1, -0.05) is 48.8 Å². The van der Waals surface area contributed by atoms with Crippen molar-refractivity contribution in [3.05, 3.63) is 28.2 Å². The highest BCUT2D eigenvalue weighted by molar-refractivity contribution is 7.80. The first-order valence-electron chi connectivity index (χ1n) is 5.50. The molecular formula is C12H14Cl2N2OS. The Bertz CT molecular complexity index is 445. The lowest BCUT2D eigenvalue weighted by Gasteiger charge is -2.14. The molecule has 98 valence electrons. The van der Waals surface area contributed by atoms with Crippen molar-refractivity contribution in [2.75, 3.05) is 5.32 Å². The first-order chi connectivity index (χ1) is 8.43. The van der Waals surface area contributed by atoms with E-state index >= 15 is 0 Å². The van der Waals surface area contributed by atoms with Crippen molar-refractivity contribution >= 4 is 52.0 Å². The summed E-state index contributed by atoms with van der Waals surface area (Å²) in [4.78, 5) is 12.2. The Kier molecular flexibility index (Phi) is 5.85. The predicted molar refractivity (Wildman–Crippen MR) is 80.3 cm³/mol. The summed E-state index contributed by atoms with van der Waals surface area (Å²) in [5.74, 6) is -0.703.